The highest BCUT2D eigenvalue weighted by atomic mass is 79.9. The van der Waals surface area contributed by atoms with Crippen LogP contribution in [0.2, 0.25) is 0 Å². The predicted molar refractivity (Wildman–Crippen MR) is 92.1 cm³/mol. The summed E-state index contributed by atoms with van der Waals surface area (Å²) in [5.41, 5.74) is 2.27. The number of halogens is 2. The summed E-state index contributed by atoms with van der Waals surface area (Å²) in [6, 6.07) is 4.63. The largest absolute Gasteiger partial charge is 0.458 e. The molecule has 0 atom stereocenters. The second-order valence-electron chi connectivity index (χ2n) is 5.90. The van der Waals surface area contributed by atoms with Gasteiger partial charge < -0.3 is 9.73 Å². The van der Waals surface area contributed by atoms with Crippen molar-refractivity contribution in [3.8, 4) is 0 Å². The van der Waals surface area contributed by atoms with Gasteiger partial charge in [-0.25, -0.2) is 0 Å². The lowest BCUT2D eigenvalue weighted by Gasteiger charge is -2.09. The van der Waals surface area contributed by atoms with Crippen molar-refractivity contribution in [1.82, 2.24) is 5.32 Å². The summed E-state index contributed by atoms with van der Waals surface area (Å²) in [5.74, 6) is 1.66. The first-order valence-electron chi connectivity index (χ1n) is 7.01. The highest BCUT2D eigenvalue weighted by Gasteiger charge is 2.17. The van der Waals surface area contributed by atoms with Crippen molar-refractivity contribution in [3.63, 3.8) is 0 Å². The van der Waals surface area contributed by atoms with Crippen LogP contribution in [0.3, 0.4) is 0 Å². The normalized spacial score (nSPS) is 12.0. The number of fused-ring (bicyclic) bond motifs is 1. The Balaban J connectivity index is 2.51. The SMILES string of the molecule is CC(C)Cc1c(CNC(C)C)oc2c(Br)cc(Br)cc12. The fourth-order valence-electron chi connectivity index (χ4n) is 2.29. The first-order valence-corrected chi connectivity index (χ1v) is 8.59. The van der Waals surface area contributed by atoms with Crippen LogP contribution in [-0.4, -0.2) is 6.04 Å². The van der Waals surface area contributed by atoms with Gasteiger partial charge in [0.1, 0.15) is 11.3 Å². The van der Waals surface area contributed by atoms with E-state index in [0.29, 0.717) is 12.0 Å². The Morgan fingerprint density at radius 1 is 1.15 bits per heavy atom. The average Bonchev–Trinajstić information content (AvgIpc) is 2.65. The lowest BCUT2D eigenvalue weighted by atomic mass is 10.00. The van der Waals surface area contributed by atoms with Gasteiger partial charge in [0.25, 0.3) is 0 Å². The molecule has 2 aromatic rings. The molecule has 110 valence electrons. The summed E-state index contributed by atoms with van der Waals surface area (Å²) in [5, 5.41) is 4.66. The first kappa shape index (κ1) is 16.1. The zero-order valence-electron chi connectivity index (χ0n) is 12.4. The monoisotopic (exact) mass is 401 g/mol. The summed E-state index contributed by atoms with van der Waals surface area (Å²) in [4.78, 5) is 0. The van der Waals surface area contributed by atoms with Gasteiger partial charge in [0.15, 0.2) is 0 Å². The van der Waals surface area contributed by atoms with E-state index in [1.165, 1.54) is 10.9 Å². The van der Waals surface area contributed by atoms with Crippen molar-refractivity contribution >= 4 is 42.8 Å². The third-order valence-corrected chi connectivity index (χ3v) is 4.23. The lowest BCUT2D eigenvalue weighted by molar-refractivity contribution is 0.478. The number of rotatable bonds is 5. The van der Waals surface area contributed by atoms with Gasteiger partial charge >= 0.3 is 0 Å². The maximum absolute atomic E-state index is 6.11. The Morgan fingerprint density at radius 3 is 2.45 bits per heavy atom. The summed E-state index contributed by atoms with van der Waals surface area (Å²) >= 11 is 7.17. The van der Waals surface area contributed by atoms with Gasteiger partial charge in [-0.05, 0) is 40.4 Å². The zero-order valence-corrected chi connectivity index (χ0v) is 15.6. The molecule has 0 aliphatic carbocycles. The Bertz CT molecular complexity index is 602. The zero-order chi connectivity index (χ0) is 14.9. The molecule has 2 nitrogen and oxygen atoms in total. The van der Waals surface area contributed by atoms with Crippen LogP contribution in [-0.2, 0) is 13.0 Å². The Morgan fingerprint density at radius 2 is 1.85 bits per heavy atom. The molecule has 1 N–H and O–H groups in total. The molecule has 0 unspecified atom stereocenters. The maximum atomic E-state index is 6.11. The van der Waals surface area contributed by atoms with Crippen molar-refractivity contribution in [2.24, 2.45) is 5.92 Å². The van der Waals surface area contributed by atoms with Crippen molar-refractivity contribution in [3.05, 3.63) is 32.4 Å². The minimum absolute atomic E-state index is 0.449. The smallest absolute Gasteiger partial charge is 0.148 e. The van der Waals surface area contributed by atoms with Crippen LogP contribution < -0.4 is 5.32 Å². The molecule has 0 bridgehead atoms. The summed E-state index contributed by atoms with van der Waals surface area (Å²) in [7, 11) is 0. The molecule has 0 amide bonds. The van der Waals surface area contributed by atoms with Crippen LogP contribution in [0.25, 0.3) is 11.0 Å². The second kappa shape index (κ2) is 6.63. The highest BCUT2D eigenvalue weighted by molar-refractivity contribution is 9.11. The molecule has 1 aromatic heterocycles. The molecule has 0 saturated carbocycles. The van der Waals surface area contributed by atoms with Gasteiger partial charge in [0.05, 0.1) is 11.0 Å². The highest BCUT2D eigenvalue weighted by Crippen LogP contribution is 2.35. The van der Waals surface area contributed by atoms with E-state index >= 15 is 0 Å². The van der Waals surface area contributed by atoms with Crippen molar-refractivity contribution in [2.75, 3.05) is 0 Å². The quantitative estimate of drug-likeness (QED) is 0.698. The van der Waals surface area contributed by atoms with E-state index in [9.17, 15) is 0 Å². The molecule has 20 heavy (non-hydrogen) atoms. The van der Waals surface area contributed by atoms with Gasteiger partial charge in [-0.15, -0.1) is 0 Å². The molecular weight excluding hydrogens is 382 g/mol. The van der Waals surface area contributed by atoms with Crippen molar-refractivity contribution in [1.29, 1.82) is 0 Å². The lowest BCUT2D eigenvalue weighted by Crippen LogP contribution is -2.22. The third kappa shape index (κ3) is 3.66. The molecule has 1 aromatic carbocycles. The standard InChI is InChI=1S/C16H21Br2NO/c1-9(2)5-12-13-6-11(17)7-14(18)16(13)20-15(12)8-19-10(3)4/h6-7,9-10,19H,5,8H2,1-4H3. The molecule has 0 saturated heterocycles. The van der Waals surface area contributed by atoms with Crippen LogP contribution in [0.4, 0.5) is 0 Å². The molecule has 0 aliphatic rings. The fraction of sp³-hybridized carbons (Fsp3) is 0.500. The molecule has 1 heterocycles. The van der Waals surface area contributed by atoms with Crippen LogP contribution in [0.1, 0.15) is 39.0 Å². The van der Waals surface area contributed by atoms with Crippen molar-refractivity contribution < 1.29 is 4.42 Å². The Hall–Kier alpha value is -0.320. The molecule has 0 spiro atoms. The van der Waals surface area contributed by atoms with E-state index in [-0.39, 0.29) is 0 Å². The van der Waals surface area contributed by atoms with E-state index < -0.39 is 0 Å². The van der Waals surface area contributed by atoms with Crippen LogP contribution in [0.15, 0.2) is 25.5 Å². The van der Waals surface area contributed by atoms with Gasteiger partial charge in [0, 0.05) is 21.5 Å². The third-order valence-electron chi connectivity index (χ3n) is 3.18. The average molecular weight is 403 g/mol. The van der Waals surface area contributed by atoms with E-state index in [1.54, 1.807) is 0 Å². The molecule has 0 radical (unpaired) electrons. The molecule has 0 aliphatic heterocycles. The number of hydrogen-bond acceptors (Lipinski definition) is 2. The molecule has 0 fully saturated rings. The number of furan rings is 1. The Labute approximate surface area is 137 Å². The number of benzene rings is 1. The van der Waals surface area contributed by atoms with Gasteiger partial charge in [-0.2, -0.15) is 0 Å². The fourth-order valence-corrected chi connectivity index (χ4v) is 3.60. The van der Waals surface area contributed by atoms with Gasteiger partial charge in [0.2, 0.25) is 0 Å². The minimum atomic E-state index is 0.449. The van der Waals surface area contributed by atoms with E-state index in [2.05, 4.69) is 70.9 Å². The van der Waals surface area contributed by atoms with Gasteiger partial charge in [-0.3, -0.25) is 0 Å². The van der Waals surface area contributed by atoms with Gasteiger partial charge in [-0.1, -0.05) is 43.6 Å². The number of nitrogens with one attached hydrogen (secondary N) is 1. The summed E-state index contributed by atoms with van der Waals surface area (Å²) in [6.45, 7) is 9.56. The minimum Gasteiger partial charge on any atom is -0.458 e. The molecule has 2 rings (SSSR count). The Kier molecular flexibility index (Phi) is 5.32. The van der Waals surface area contributed by atoms with E-state index in [0.717, 1.165) is 33.3 Å². The van der Waals surface area contributed by atoms with Crippen LogP contribution >= 0.6 is 31.9 Å². The summed E-state index contributed by atoms with van der Waals surface area (Å²) in [6.07, 6.45) is 1.03. The second-order valence-corrected chi connectivity index (χ2v) is 7.67. The van der Waals surface area contributed by atoms with Crippen LogP contribution in [0.5, 0.6) is 0 Å². The molecule has 4 heteroatoms. The molecular formula is C16H21Br2NO. The maximum Gasteiger partial charge on any atom is 0.148 e. The number of hydrogen-bond donors (Lipinski definition) is 1. The summed E-state index contributed by atoms with van der Waals surface area (Å²) < 4.78 is 8.18. The van der Waals surface area contributed by atoms with E-state index in [1.807, 2.05) is 6.07 Å². The van der Waals surface area contributed by atoms with Crippen LogP contribution in [0, 0.1) is 5.92 Å². The van der Waals surface area contributed by atoms with E-state index in [4.69, 9.17) is 4.42 Å². The first-order chi connectivity index (χ1) is 9.38. The van der Waals surface area contributed by atoms with Crippen molar-refractivity contribution in [2.45, 2.75) is 46.7 Å². The topological polar surface area (TPSA) is 25.2 Å². The predicted octanol–water partition coefficient (Wildman–Crippen LogP) is 5.65.